The van der Waals surface area contributed by atoms with Gasteiger partial charge in [0, 0.05) is 42.7 Å². The van der Waals surface area contributed by atoms with Gasteiger partial charge in [0.15, 0.2) is 5.69 Å². The van der Waals surface area contributed by atoms with Crippen molar-refractivity contribution in [3.63, 3.8) is 0 Å². The molecule has 0 aliphatic carbocycles. The number of thiophene rings is 1. The second kappa shape index (κ2) is 7.58. The Morgan fingerprint density at radius 1 is 1.19 bits per heavy atom. The Kier molecular flexibility index (Phi) is 4.86. The molecule has 4 heterocycles. The van der Waals surface area contributed by atoms with Gasteiger partial charge in [-0.3, -0.25) is 14.3 Å². The molecule has 0 spiro atoms. The molecule has 0 saturated carbocycles. The number of amides is 2. The molecule has 3 aromatic heterocycles. The van der Waals surface area contributed by atoms with E-state index in [0.29, 0.717) is 18.8 Å². The molecule has 0 saturated heterocycles. The maximum absolute atomic E-state index is 13.0. The molecular weight excluding hydrogens is 430 g/mol. The molecule has 31 heavy (non-hydrogen) atoms. The number of benzene rings is 1. The molecule has 9 heteroatoms. The number of carbonyl (C=O) groups excluding carboxylic acids is 2. The van der Waals surface area contributed by atoms with E-state index >= 15 is 0 Å². The van der Waals surface area contributed by atoms with E-state index in [0.717, 1.165) is 42.7 Å². The molecule has 4 aromatic rings. The number of rotatable bonds is 3. The summed E-state index contributed by atoms with van der Waals surface area (Å²) < 4.78 is 2.75. The second-order valence-corrected chi connectivity index (χ2v) is 9.81. The molecule has 5 rings (SSSR count). The number of aromatic nitrogens is 3. The Labute approximate surface area is 187 Å². The number of fused-ring (bicyclic) bond motifs is 2. The predicted octanol–water partition coefficient (Wildman–Crippen LogP) is 4.22. The highest BCUT2D eigenvalue weighted by Gasteiger charge is 2.29. The SMILES string of the molecule is CC(=O)N1CCc2c(sc(NC(=O)c3nn(C)cc3C)c2-c2nc3ccccc3s2)C1. The first-order valence-corrected chi connectivity index (χ1v) is 11.6. The Bertz CT molecular complexity index is 1300. The summed E-state index contributed by atoms with van der Waals surface area (Å²) in [6, 6.07) is 8.04. The van der Waals surface area contributed by atoms with E-state index in [-0.39, 0.29) is 11.8 Å². The molecule has 7 nitrogen and oxygen atoms in total. The van der Waals surface area contributed by atoms with Crippen molar-refractivity contribution in [1.29, 1.82) is 0 Å². The lowest BCUT2D eigenvalue weighted by molar-refractivity contribution is -0.129. The lowest BCUT2D eigenvalue weighted by Gasteiger charge is -2.25. The zero-order valence-electron chi connectivity index (χ0n) is 17.4. The maximum atomic E-state index is 13.0. The average Bonchev–Trinajstić information content (AvgIpc) is 3.40. The zero-order chi connectivity index (χ0) is 21.7. The van der Waals surface area contributed by atoms with Crippen LogP contribution in [0.5, 0.6) is 0 Å². The van der Waals surface area contributed by atoms with E-state index in [1.165, 1.54) is 16.9 Å². The largest absolute Gasteiger partial charge is 0.337 e. The third-order valence-electron chi connectivity index (χ3n) is 5.46. The lowest BCUT2D eigenvalue weighted by atomic mass is 10.0. The van der Waals surface area contributed by atoms with Gasteiger partial charge in [-0.15, -0.1) is 22.7 Å². The number of carbonyl (C=O) groups is 2. The molecule has 1 N–H and O–H groups in total. The first-order valence-electron chi connectivity index (χ1n) is 9.98. The highest BCUT2D eigenvalue weighted by Crippen LogP contribution is 2.45. The summed E-state index contributed by atoms with van der Waals surface area (Å²) in [4.78, 5) is 32.8. The summed E-state index contributed by atoms with van der Waals surface area (Å²) >= 11 is 3.15. The van der Waals surface area contributed by atoms with Crippen molar-refractivity contribution in [3.8, 4) is 10.6 Å². The van der Waals surface area contributed by atoms with E-state index in [2.05, 4.69) is 16.5 Å². The van der Waals surface area contributed by atoms with Crippen molar-refractivity contribution in [2.24, 2.45) is 7.05 Å². The summed E-state index contributed by atoms with van der Waals surface area (Å²) in [6.07, 6.45) is 2.57. The van der Waals surface area contributed by atoms with E-state index in [1.807, 2.05) is 36.2 Å². The number of nitrogens with zero attached hydrogens (tertiary/aromatic N) is 4. The Morgan fingerprint density at radius 3 is 2.71 bits per heavy atom. The number of aryl methyl sites for hydroxylation is 2. The molecule has 0 fully saturated rings. The summed E-state index contributed by atoms with van der Waals surface area (Å²) in [5, 5.41) is 9.06. The molecular formula is C22H21N5O2S2. The van der Waals surface area contributed by atoms with E-state index in [1.54, 1.807) is 30.0 Å². The van der Waals surface area contributed by atoms with Gasteiger partial charge in [0.1, 0.15) is 10.0 Å². The molecule has 1 aromatic carbocycles. The number of thiazole rings is 1. The number of nitrogens with one attached hydrogen (secondary N) is 1. The van der Waals surface area contributed by atoms with Crippen LogP contribution in [-0.2, 0) is 24.8 Å². The van der Waals surface area contributed by atoms with Crippen LogP contribution < -0.4 is 5.32 Å². The minimum Gasteiger partial charge on any atom is -0.337 e. The van der Waals surface area contributed by atoms with Gasteiger partial charge < -0.3 is 10.2 Å². The summed E-state index contributed by atoms with van der Waals surface area (Å²) in [7, 11) is 1.80. The van der Waals surface area contributed by atoms with E-state index in [4.69, 9.17) is 4.98 Å². The summed E-state index contributed by atoms with van der Waals surface area (Å²) in [6.45, 7) is 4.70. The average molecular weight is 452 g/mol. The maximum Gasteiger partial charge on any atom is 0.277 e. The van der Waals surface area contributed by atoms with Crippen LogP contribution in [0.3, 0.4) is 0 Å². The quantitative estimate of drug-likeness (QED) is 0.506. The molecule has 0 atom stereocenters. The molecule has 0 bridgehead atoms. The highest BCUT2D eigenvalue weighted by atomic mass is 32.1. The topological polar surface area (TPSA) is 80.1 Å². The fraction of sp³-hybridized carbons (Fsp3) is 0.273. The van der Waals surface area contributed by atoms with Gasteiger partial charge in [0.25, 0.3) is 5.91 Å². The highest BCUT2D eigenvalue weighted by molar-refractivity contribution is 7.23. The van der Waals surface area contributed by atoms with Crippen LogP contribution in [-0.4, -0.2) is 38.0 Å². The Balaban J connectivity index is 1.60. The van der Waals surface area contributed by atoms with Crippen LogP contribution in [0, 0.1) is 6.92 Å². The summed E-state index contributed by atoms with van der Waals surface area (Å²) in [5.41, 5.74) is 4.34. The second-order valence-electron chi connectivity index (χ2n) is 7.67. The minimum absolute atomic E-state index is 0.0651. The fourth-order valence-corrected chi connectivity index (χ4v) is 6.33. The number of hydrogen-bond donors (Lipinski definition) is 1. The lowest BCUT2D eigenvalue weighted by Crippen LogP contribution is -2.33. The van der Waals surface area contributed by atoms with Crippen LogP contribution in [0.1, 0.15) is 33.4 Å². The first-order chi connectivity index (χ1) is 14.9. The van der Waals surface area contributed by atoms with Crippen molar-refractivity contribution < 1.29 is 9.59 Å². The van der Waals surface area contributed by atoms with Crippen LogP contribution >= 0.6 is 22.7 Å². The zero-order valence-corrected chi connectivity index (χ0v) is 19.1. The molecule has 0 radical (unpaired) electrons. The monoisotopic (exact) mass is 451 g/mol. The van der Waals surface area contributed by atoms with Crippen molar-refractivity contribution >= 4 is 49.7 Å². The normalized spacial score (nSPS) is 13.5. The van der Waals surface area contributed by atoms with Gasteiger partial charge >= 0.3 is 0 Å². The Hall–Kier alpha value is -3.04. The molecule has 1 aliphatic rings. The van der Waals surface area contributed by atoms with Gasteiger partial charge in [0.2, 0.25) is 5.91 Å². The number of anilines is 1. The molecule has 0 unspecified atom stereocenters. The van der Waals surface area contributed by atoms with Crippen molar-refractivity contribution in [3.05, 3.63) is 52.2 Å². The van der Waals surface area contributed by atoms with Crippen molar-refractivity contribution in [1.82, 2.24) is 19.7 Å². The molecule has 1 aliphatic heterocycles. The van der Waals surface area contributed by atoms with Gasteiger partial charge in [-0.05, 0) is 31.0 Å². The Morgan fingerprint density at radius 2 is 2.00 bits per heavy atom. The van der Waals surface area contributed by atoms with Crippen LogP contribution in [0.15, 0.2) is 30.5 Å². The van der Waals surface area contributed by atoms with Crippen LogP contribution in [0.2, 0.25) is 0 Å². The number of hydrogen-bond acceptors (Lipinski definition) is 6. The smallest absolute Gasteiger partial charge is 0.277 e. The van der Waals surface area contributed by atoms with Gasteiger partial charge in [0.05, 0.1) is 16.8 Å². The van der Waals surface area contributed by atoms with Crippen molar-refractivity contribution in [2.75, 3.05) is 11.9 Å². The standard InChI is InChI=1S/C22H21N5O2S2/c1-12-10-26(3)25-19(12)20(29)24-22-18(21-23-15-6-4-5-7-16(15)30-21)14-8-9-27(13(2)28)11-17(14)31-22/h4-7,10H,8-9,11H2,1-3H3,(H,24,29). The molecule has 2 amide bonds. The molecule has 158 valence electrons. The summed E-state index contributed by atoms with van der Waals surface area (Å²) in [5.74, 6) is -0.169. The fourth-order valence-electron chi connectivity index (χ4n) is 3.96. The minimum atomic E-state index is -0.234. The van der Waals surface area contributed by atoms with Gasteiger partial charge in [-0.2, -0.15) is 5.10 Å². The van der Waals surface area contributed by atoms with Crippen LogP contribution in [0.25, 0.3) is 20.8 Å². The predicted molar refractivity (Wildman–Crippen MR) is 124 cm³/mol. The third-order valence-corrected chi connectivity index (χ3v) is 7.65. The van der Waals surface area contributed by atoms with Crippen LogP contribution in [0.4, 0.5) is 5.00 Å². The van der Waals surface area contributed by atoms with Gasteiger partial charge in [-0.1, -0.05) is 12.1 Å². The number of para-hydroxylation sites is 1. The van der Waals surface area contributed by atoms with E-state index < -0.39 is 0 Å². The van der Waals surface area contributed by atoms with E-state index in [9.17, 15) is 9.59 Å². The third kappa shape index (κ3) is 3.53. The van der Waals surface area contributed by atoms with Gasteiger partial charge in [-0.25, -0.2) is 4.98 Å². The first kappa shape index (κ1) is 19.9. The van der Waals surface area contributed by atoms with Crippen molar-refractivity contribution in [2.45, 2.75) is 26.8 Å².